The molecule has 2 aromatic rings. The number of rotatable bonds is 5. The summed E-state index contributed by atoms with van der Waals surface area (Å²) in [5.74, 6) is 0.977. The van der Waals surface area contributed by atoms with Gasteiger partial charge < -0.3 is 10.1 Å². The summed E-state index contributed by atoms with van der Waals surface area (Å²) in [6.07, 6.45) is 6.27. The highest BCUT2D eigenvalue weighted by Gasteiger charge is 2.24. The second-order valence-electron chi connectivity index (χ2n) is 6.30. The van der Waals surface area contributed by atoms with Gasteiger partial charge in [0.1, 0.15) is 11.4 Å². The van der Waals surface area contributed by atoms with Crippen LogP contribution in [0.2, 0.25) is 0 Å². The number of nitrogens with zero attached hydrogens (tertiary/aromatic N) is 1. The Bertz CT molecular complexity index is 702. The van der Waals surface area contributed by atoms with Gasteiger partial charge in [-0.3, -0.25) is 9.89 Å². The maximum absolute atomic E-state index is 12.7. The molecule has 0 radical (unpaired) electrons. The van der Waals surface area contributed by atoms with E-state index in [0.29, 0.717) is 0 Å². The van der Waals surface area contributed by atoms with Crippen molar-refractivity contribution < 1.29 is 9.53 Å². The third-order valence-corrected chi connectivity index (χ3v) is 4.78. The molecule has 0 atom stereocenters. The number of benzene rings is 1. The number of hydrogen-bond acceptors (Lipinski definition) is 3. The molecule has 1 aliphatic rings. The molecule has 1 heterocycles. The number of nitrogens with one attached hydrogen (secondary N) is 2. The van der Waals surface area contributed by atoms with Crippen LogP contribution in [-0.2, 0) is 11.2 Å². The van der Waals surface area contributed by atoms with Crippen LogP contribution in [0.5, 0.6) is 5.75 Å². The molecule has 0 spiro atoms. The van der Waals surface area contributed by atoms with E-state index >= 15 is 0 Å². The van der Waals surface area contributed by atoms with Gasteiger partial charge in [0.15, 0.2) is 0 Å². The molecule has 1 aromatic heterocycles. The SMILES string of the molecule is CCc1[nH]nc(-c2ccccc2OC)c1NC(=O)C1CCCCC1. The zero-order chi connectivity index (χ0) is 16.9. The number of aryl methyl sites for hydroxylation is 1. The lowest BCUT2D eigenvalue weighted by atomic mass is 9.88. The Kier molecular flexibility index (Phi) is 5.18. The summed E-state index contributed by atoms with van der Waals surface area (Å²) in [6.45, 7) is 2.05. The summed E-state index contributed by atoms with van der Waals surface area (Å²) in [6, 6.07) is 7.74. The molecule has 1 fully saturated rings. The minimum atomic E-state index is 0.113. The smallest absolute Gasteiger partial charge is 0.227 e. The molecule has 3 rings (SSSR count). The minimum Gasteiger partial charge on any atom is -0.496 e. The van der Waals surface area contributed by atoms with Crippen LogP contribution in [0.4, 0.5) is 5.69 Å². The predicted octanol–water partition coefficient (Wildman–Crippen LogP) is 4.17. The van der Waals surface area contributed by atoms with Crippen molar-refractivity contribution in [2.75, 3.05) is 12.4 Å². The van der Waals surface area contributed by atoms with Crippen LogP contribution in [0, 0.1) is 5.92 Å². The number of aromatic nitrogens is 2. The summed E-state index contributed by atoms with van der Waals surface area (Å²) < 4.78 is 5.45. The van der Waals surface area contributed by atoms with E-state index in [1.54, 1.807) is 7.11 Å². The number of carbonyl (C=O) groups is 1. The van der Waals surface area contributed by atoms with Crippen LogP contribution >= 0.6 is 0 Å². The molecule has 1 aromatic carbocycles. The van der Waals surface area contributed by atoms with Crippen molar-refractivity contribution in [3.63, 3.8) is 0 Å². The Balaban J connectivity index is 1.92. The first-order valence-corrected chi connectivity index (χ1v) is 8.76. The molecule has 0 saturated heterocycles. The number of hydrogen-bond donors (Lipinski definition) is 2. The number of amides is 1. The molecule has 2 N–H and O–H groups in total. The van der Waals surface area contributed by atoms with Gasteiger partial charge in [0.05, 0.1) is 18.5 Å². The fourth-order valence-electron chi connectivity index (χ4n) is 3.39. The summed E-state index contributed by atoms with van der Waals surface area (Å²) in [7, 11) is 1.65. The highest BCUT2D eigenvalue weighted by Crippen LogP contribution is 2.36. The molecule has 1 aliphatic carbocycles. The van der Waals surface area contributed by atoms with E-state index in [1.165, 1.54) is 6.42 Å². The Morgan fingerprint density at radius 3 is 2.75 bits per heavy atom. The molecule has 24 heavy (non-hydrogen) atoms. The number of carbonyl (C=O) groups excluding carboxylic acids is 1. The molecule has 1 saturated carbocycles. The van der Waals surface area contributed by atoms with Crippen LogP contribution in [0.3, 0.4) is 0 Å². The van der Waals surface area contributed by atoms with Gasteiger partial charge in [-0.1, -0.05) is 38.3 Å². The largest absolute Gasteiger partial charge is 0.496 e. The molecule has 0 aliphatic heterocycles. The fraction of sp³-hybridized carbons (Fsp3) is 0.474. The van der Waals surface area contributed by atoms with Crippen molar-refractivity contribution in [2.45, 2.75) is 45.4 Å². The van der Waals surface area contributed by atoms with E-state index < -0.39 is 0 Å². The maximum atomic E-state index is 12.7. The third-order valence-electron chi connectivity index (χ3n) is 4.78. The maximum Gasteiger partial charge on any atom is 0.227 e. The number of H-pyrrole nitrogens is 1. The summed E-state index contributed by atoms with van der Waals surface area (Å²) in [5, 5.41) is 10.6. The van der Waals surface area contributed by atoms with Gasteiger partial charge in [0.2, 0.25) is 5.91 Å². The molecule has 5 nitrogen and oxygen atoms in total. The number of ether oxygens (including phenoxy) is 1. The monoisotopic (exact) mass is 327 g/mol. The third kappa shape index (κ3) is 3.30. The van der Waals surface area contributed by atoms with Gasteiger partial charge >= 0.3 is 0 Å². The molecule has 0 unspecified atom stereocenters. The number of aromatic amines is 1. The quantitative estimate of drug-likeness (QED) is 0.866. The van der Waals surface area contributed by atoms with Gasteiger partial charge in [-0.15, -0.1) is 0 Å². The Labute approximate surface area is 142 Å². The lowest BCUT2D eigenvalue weighted by molar-refractivity contribution is -0.120. The summed E-state index contributed by atoms with van der Waals surface area (Å²) in [4.78, 5) is 12.7. The van der Waals surface area contributed by atoms with Crippen molar-refractivity contribution in [3.8, 4) is 17.0 Å². The van der Waals surface area contributed by atoms with Crippen molar-refractivity contribution >= 4 is 11.6 Å². The van der Waals surface area contributed by atoms with E-state index in [2.05, 4.69) is 22.4 Å². The van der Waals surface area contributed by atoms with Crippen molar-refractivity contribution in [3.05, 3.63) is 30.0 Å². The van der Waals surface area contributed by atoms with Crippen LogP contribution in [0.25, 0.3) is 11.3 Å². The zero-order valence-corrected chi connectivity index (χ0v) is 14.4. The zero-order valence-electron chi connectivity index (χ0n) is 14.4. The first kappa shape index (κ1) is 16.6. The van der Waals surface area contributed by atoms with E-state index in [1.807, 2.05) is 24.3 Å². The highest BCUT2D eigenvalue weighted by molar-refractivity contribution is 5.97. The van der Waals surface area contributed by atoms with Crippen molar-refractivity contribution in [1.29, 1.82) is 0 Å². The van der Waals surface area contributed by atoms with Crippen LogP contribution in [-0.4, -0.2) is 23.2 Å². The lowest BCUT2D eigenvalue weighted by Crippen LogP contribution is -2.25. The lowest BCUT2D eigenvalue weighted by Gasteiger charge is -2.21. The van der Waals surface area contributed by atoms with Gasteiger partial charge in [-0.2, -0.15) is 5.10 Å². The normalized spacial score (nSPS) is 15.2. The van der Waals surface area contributed by atoms with E-state index in [4.69, 9.17) is 4.74 Å². The molecule has 1 amide bonds. The average Bonchev–Trinajstić information content (AvgIpc) is 3.04. The average molecular weight is 327 g/mol. The predicted molar refractivity (Wildman–Crippen MR) is 95.2 cm³/mol. The highest BCUT2D eigenvalue weighted by atomic mass is 16.5. The molecule has 5 heteroatoms. The van der Waals surface area contributed by atoms with E-state index in [0.717, 1.165) is 60.5 Å². The first-order valence-electron chi connectivity index (χ1n) is 8.76. The Hall–Kier alpha value is -2.30. The molecular formula is C19H25N3O2. The van der Waals surface area contributed by atoms with Gasteiger partial charge in [0.25, 0.3) is 0 Å². The van der Waals surface area contributed by atoms with Crippen LogP contribution < -0.4 is 10.1 Å². The molecule has 0 bridgehead atoms. The van der Waals surface area contributed by atoms with Gasteiger partial charge in [0, 0.05) is 11.5 Å². The molecule has 128 valence electrons. The fourth-order valence-corrected chi connectivity index (χ4v) is 3.39. The second-order valence-corrected chi connectivity index (χ2v) is 6.30. The minimum absolute atomic E-state index is 0.113. The Morgan fingerprint density at radius 1 is 1.29 bits per heavy atom. The van der Waals surface area contributed by atoms with Crippen LogP contribution in [0.1, 0.15) is 44.7 Å². The number of methoxy groups -OCH3 is 1. The van der Waals surface area contributed by atoms with Gasteiger partial charge in [-0.05, 0) is 31.4 Å². The molecular weight excluding hydrogens is 302 g/mol. The van der Waals surface area contributed by atoms with Crippen molar-refractivity contribution in [1.82, 2.24) is 10.2 Å². The Morgan fingerprint density at radius 2 is 2.04 bits per heavy atom. The van der Waals surface area contributed by atoms with Crippen molar-refractivity contribution in [2.24, 2.45) is 5.92 Å². The first-order chi connectivity index (χ1) is 11.7. The van der Waals surface area contributed by atoms with E-state index in [-0.39, 0.29) is 11.8 Å². The van der Waals surface area contributed by atoms with E-state index in [9.17, 15) is 4.79 Å². The van der Waals surface area contributed by atoms with Gasteiger partial charge in [-0.25, -0.2) is 0 Å². The summed E-state index contributed by atoms with van der Waals surface area (Å²) in [5.41, 5.74) is 3.36. The van der Waals surface area contributed by atoms with Crippen LogP contribution in [0.15, 0.2) is 24.3 Å². The topological polar surface area (TPSA) is 67.0 Å². The second kappa shape index (κ2) is 7.51. The number of anilines is 1. The standard InChI is InChI=1S/C19H25N3O2/c1-3-15-18(20-19(23)13-9-5-4-6-10-13)17(22-21-15)14-11-7-8-12-16(14)24-2/h7-8,11-13H,3-6,9-10H2,1-2H3,(H,20,23)(H,21,22). The number of para-hydroxylation sites is 1. The summed E-state index contributed by atoms with van der Waals surface area (Å²) >= 11 is 0.